The molecular formula is C38H55NO6. The molecule has 45 heavy (non-hydrogen) atoms. The van der Waals surface area contributed by atoms with Gasteiger partial charge in [0.05, 0.1) is 33.9 Å². The molecule has 4 fully saturated rings. The standard InChI is InChI=1S/C29H43NO4.C9H12O2/c1-27(2)14-20-15-28(3,4)18-29(16-20,17-27)30-22-12-23(13-22)34-24-7-6-19(11-25(24)32-5)10-21-8-9-33-26(21)31;1-7-4-5-8(10-2)9(6-7)11-3/h6-7,11,20-23,30H,8-10,12-18H2,1-5H3;4-6H,1-3H3. The van der Waals surface area contributed by atoms with Crippen LogP contribution in [-0.2, 0) is 16.0 Å². The molecule has 2 aromatic rings. The third-order valence-electron chi connectivity index (χ3n) is 10.2. The number of cyclic esters (lactones) is 1. The van der Waals surface area contributed by atoms with Crippen LogP contribution in [-0.4, -0.2) is 51.6 Å². The molecule has 1 aliphatic heterocycles. The zero-order valence-corrected chi connectivity index (χ0v) is 28.8. The van der Waals surface area contributed by atoms with Gasteiger partial charge in [-0.15, -0.1) is 0 Å². The molecule has 1 saturated heterocycles. The molecule has 6 rings (SSSR count). The Kier molecular flexibility index (Phi) is 9.98. The number of fused-ring (bicyclic) bond motifs is 2. The summed E-state index contributed by atoms with van der Waals surface area (Å²) in [5.41, 5.74) is 3.40. The van der Waals surface area contributed by atoms with E-state index in [1.54, 1.807) is 21.3 Å². The first-order valence-corrected chi connectivity index (χ1v) is 16.8. The lowest BCUT2D eigenvalue weighted by molar-refractivity contribution is -0.141. The predicted octanol–water partition coefficient (Wildman–Crippen LogP) is 7.70. The quantitative estimate of drug-likeness (QED) is 0.288. The number of benzene rings is 2. The highest BCUT2D eigenvalue weighted by Crippen LogP contribution is 2.56. The van der Waals surface area contributed by atoms with Crippen LogP contribution in [0.5, 0.6) is 23.0 Å². The van der Waals surface area contributed by atoms with E-state index in [-0.39, 0.29) is 23.5 Å². The Morgan fingerprint density at radius 2 is 1.44 bits per heavy atom. The Bertz CT molecular complexity index is 1310. The molecule has 2 aromatic carbocycles. The van der Waals surface area contributed by atoms with Crippen LogP contribution in [0.15, 0.2) is 36.4 Å². The number of rotatable bonds is 9. The lowest BCUT2D eigenvalue weighted by atomic mass is 9.52. The van der Waals surface area contributed by atoms with Gasteiger partial charge in [0.1, 0.15) is 6.10 Å². The monoisotopic (exact) mass is 621 g/mol. The zero-order valence-electron chi connectivity index (χ0n) is 28.8. The number of carbonyl (C=O) groups is 1. The van der Waals surface area contributed by atoms with E-state index in [0.717, 1.165) is 53.7 Å². The smallest absolute Gasteiger partial charge is 0.309 e. The topological polar surface area (TPSA) is 75.3 Å². The summed E-state index contributed by atoms with van der Waals surface area (Å²) in [6, 6.07) is 12.4. The van der Waals surface area contributed by atoms with E-state index in [9.17, 15) is 4.79 Å². The van der Waals surface area contributed by atoms with Crippen LogP contribution in [0.2, 0.25) is 0 Å². The largest absolute Gasteiger partial charge is 0.493 e. The molecule has 0 spiro atoms. The van der Waals surface area contributed by atoms with E-state index < -0.39 is 0 Å². The van der Waals surface area contributed by atoms with Gasteiger partial charge in [0.2, 0.25) is 0 Å². The molecule has 1 heterocycles. The first-order chi connectivity index (χ1) is 21.3. The molecular weight excluding hydrogens is 566 g/mol. The minimum Gasteiger partial charge on any atom is -0.493 e. The summed E-state index contributed by atoms with van der Waals surface area (Å²) in [6.07, 6.45) is 10.5. The lowest BCUT2D eigenvalue weighted by Gasteiger charge is -2.58. The van der Waals surface area contributed by atoms with E-state index >= 15 is 0 Å². The molecule has 1 atom stereocenters. The van der Waals surface area contributed by atoms with E-state index in [4.69, 9.17) is 23.7 Å². The third kappa shape index (κ3) is 8.27. The fourth-order valence-electron chi connectivity index (χ4n) is 8.96. The molecule has 7 heteroatoms. The lowest BCUT2D eigenvalue weighted by Crippen LogP contribution is -2.63. The number of hydrogen-bond acceptors (Lipinski definition) is 7. The molecule has 1 N–H and O–H groups in total. The van der Waals surface area contributed by atoms with Crippen molar-refractivity contribution in [2.45, 2.75) is 110 Å². The van der Waals surface area contributed by atoms with Crippen molar-refractivity contribution in [3.8, 4) is 23.0 Å². The van der Waals surface area contributed by atoms with Gasteiger partial charge in [0.25, 0.3) is 0 Å². The van der Waals surface area contributed by atoms with Crippen LogP contribution < -0.4 is 24.3 Å². The fourth-order valence-corrected chi connectivity index (χ4v) is 8.96. The average Bonchev–Trinajstić information content (AvgIpc) is 3.34. The van der Waals surface area contributed by atoms with Crippen molar-refractivity contribution in [3.63, 3.8) is 0 Å². The number of carbonyl (C=O) groups excluding carboxylic acids is 1. The summed E-state index contributed by atoms with van der Waals surface area (Å²) in [5.74, 6) is 3.85. The van der Waals surface area contributed by atoms with Gasteiger partial charge in [-0.2, -0.15) is 0 Å². The molecule has 4 aliphatic rings. The van der Waals surface area contributed by atoms with Gasteiger partial charge >= 0.3 is 5.97 Å². The first kappa shape index (κ1) is 33.4. The number of hydrogen-bond donors (Lipinski definition) is 1. The molecule has 7 nitrogen and oxygen atoms in total. The highest BCUT2D eigenvalue weighted by atomic mass is 16.5. The summed E-state index contributed by atoms with van der Waals surface area (Å²) >= 11 is 0. The average molecular weight is 622 g/mol. The summed E-state index contributed by atoms with van der Waals surface area (Å²) in [6.45, 7) is 12.4. The van der Waals surface area contributed by atoms with E-state index in [2.05, 4.69) is 39.1 Å². The van der Waals surface area contributed by atoms with Crippen molar-refractivity contribution in [2.24, 2.45) is 22.7 Å². The van der Waals surface area contributed by atoms with Crippen molar-refractivity contribution in [1.82, 2.24) is 5.32 Å². The second kappa shape index (κ2) is 13.4. The molecule has 1 unspecified atom stereocenters. The van der Waals surface area contributed by atoms with E-state index in [1.807, 2.05) is 37.3 Å². The Balaban J connectivity index is 0.000000309. The maximum atomic E-state index is 11.8. The zero-order chi connectivity index (χ0) is 32.4. The van der Waals surface area contributed by atoms with E-state index in [0.29, 0.717) is 29.9 Å². The molecule has 3 saturated carbocycles. The Morgan fingerprint density at radius 1 is 0.822 bits per heavy atom. The second-order valence-electron chi connectivity index (χ2n) is 15.7. The Labute approximate surface area is 270 Å². The predicted molar refractivity (Wildman–Crippen MR) is 177 cm³/mol. The summed E-state index contributed by atoms with van der Waals surface area (Å²) < 4.78 is 27.3. The number of nitrogens with one attached hydrogen (secondary N) is 1. The van der Waals surface area contributed by atoms with Gasteiger partial charge in [-0.3, -0.25) is 4.79 Å². The van der Waals surface area contributed by atoms with Crippen LogP contribution in [0.25, 0.3) is 0 Å². The molecule has 0 radical (unpaired) electrons. The van der Waals surface area contributed by atoms with Crippen molar-refractivity contribution in [3.05, 3.63) is 47.5 Å². The maximum Gasteiger partial charge on any atom is 0.309 e. The molecule has 248 valence electrons. The van der Waals surface area contributed by atoms with Gasteiger partial charge < -0.3 is 29.0 Å². The number of ether oxygens (including phenoxy) is 5. The number of esters is 1. The van der Waals surface area contributed by atoms with Crippen LogP contribution in [0.3, 0.4) is 0 Å². The van der Waals surface area contributed by atoms with Crippen LogP contribution >= 0.6 is 0 Å². The number of aryl methyl sites for hydroxylation is 1. The van der Waals surface area contributed by atoms with Gasteiger partial charge in [0.15, 0.2) is 23.0 Å². The Hall–Kier alpha value is -2.93. The minimum absolute atomic E-state index is 0.0385. The maximum absolute atomic E-state index is 11.8. The second-order valence-corrected chi connectivity index (χ2v) is 15.7. The minimum atomic E-state index is -0.0826. The molecule has 0 amide bonds. The summed E-state index contributed by atoms with van der Waals surface area (Å²) in [7, 11) is 4.96. The fraction of sp³-hybridized carbons (Fsp3) is 0.658. The van der Waals surface area contributed by atoms with Crippen LogP contribution in [0.4, 0.5) is 0 Å². The molecule has 0 aromatic heterocycles. The number of methoxy groups -OCH3 is 3. The van der Waals surface area contributed by atoms with Gasteiger partial charge in [-0.05, 0) is 117 Å². The summed E-state index contributed by atoms with van der Waals surface area (Å²) in [5, 5.41) is 4.15. The first-order valence-electron chi connectivity index (χ1n) is 16.8. The highest BCUT2D eigenvalue weighted by molar-refractivity contribution is 5.74. The van der Waals surface area contributed by atoms with Crippen molar-refractivity contribution >= 4 is 5.97 Å². The molecule has 2 bridgehead atoms. The summed E-state index contributed by atoms with van der Waals surface area (Å²) in [4.78, 5) is 11.8. The van der Waals surface area contributed by atoms with Gasteiger partial charge in [0, 0.05) is 11.6 Å². The SMILES string of the molecule is COc1cc(CC2CCOC2=O)ccc1OC1CC(NC23CC(CC(C)(C)C2)CC(C)(C)C3)C1.COc1ccc(C)cc1OC. The van der Waals surface area contributed by atoms with Crippen LogP contribution in [0, 0.1) is 29.6 Å². The Morgan fingerprint density at radius 3 is 2.04 bits per heavy atom. The van der Waals surface area contributed by atoms with Crippen LogP contribution in [0.1, 0.15) is 90.2 Å². The van der Waals surface area contributed by atoms with Crippen molar-refractivity contribution < 1.29 is 28.5 Å². The highest BCUT2D eigenvalue weighted by Gasteiger charge is 2.52. The van der Waals surface area contributed by atoms with Crippen molar-refractivity contribution in [2.75, 3.05) is 27.9 Å². The van der Waals surface area contributed by atoms with E-state index in [1.165, 1.54) is 37.7 Å². The van der Waals surface area contributed by atoms with Gasteiger partial charge in [-0.1, -0.05) is 39.8 Å². The van der Waals surface area contributed by atoms with Gasteiger partial charge in [-0.25, -0.2) is 0 Å². The third-order valence-corrected chi connectivity index (χ3v) is 10.2. The normalized spacial score (nSPS) is 29.4. The molecule has 3 aliphatic carbocycles. The van der Waals surface area contributed by atoms with Crippen molar-refractivity contribution in [1.29, 1.82) is 0 Å².